The Kier molecular flexibility index (Phi) is 5.14. The Labute approximate surface area is 109 Å². The van der Waals surface area contributed by atoms with Crippen LogP contribution in [0.5, 0.6) is 5.75 Å². The largest absolute Gasteiger partial charge is 0.468 e. The molecule has 0 heterocycles. The normalized spacial score (nSPS) is 15.6. The summed E-state index contributed by atoms with van der Waals surface area (Å²) in [5, 5.41) is 2.30. The second-order valence-corrected chi connectivity index (χ2v) is 6.13. The predicted molar refractivity (Wildman–Crippen MR) is 65.1 cm³/mol. The summed E-state index contributed by atoms with van der Waals surface area (Å²) in [6, 6.07) is 3.93. The Bertz CT molecular complexity index is 467. The summed E-state index contributed by atoms with van der Waals surface area (Å²) >= 11 is 5.63. The number of rotatable bonds is 5. The highest BCUT2D eigenvalue weighted by molar-refractivity contribution is 7.84. The van der Waals surface area contributed by atoms with Gasteiger partial charge in [0.1, 0.15) is 17.6 Å². The molecule has 8 heteroatoms. The quantitative estimate of drug-likeness (QED) is 0.668. The summed E-state index contributed by atoms with van der Waals surface area (Å²) in [6.07, 6.45) is 0. The van der Waals surface area contributed by atoms with Crippen molar-refractivity contribution in [1.29, 1.82) is 0 Å². The zero-order valence-corrected chi connectivity index (χ0v) is 11.4. The second-order valence-electron chi connectivity index (χ2n) is 3.40. The first-order chi connectivity index (χ1) is 8.34. The minimum absolute atomic E-state index is 0.124. The zero-order chi connectivity index (χ0) is 13.8. The SMILES string of the molecule is COC(=O)[C@H](C)NP(=O)(Cl)Oc1ccc(F)cc1. The summed E-state index contributed by atoms with van der Waals surface area (Å²) in [6.45, 7) is -2.33. The van der Waals surface area contributed by atoms with Gasteiger partial charge in [-0.2, -0.15) is 0 Å². The lowest BCUT2D eigenvalue weighted by Crippen LogP contribution is -2.32. The van der Waals surface area contributed by atoms with E-state index in [4.69, 9.17) is 15.8 Å². The summed E-state index contributed by atoms with van der Waals surface area (Å²) < 4.78 is 33.9. The van der Waals surface area contributed by atoms with E-state index < -0.39 is 24.7 Å². The molecule has 5 nitrogen and oxygen atoms in total. The molecule has 0 aromatic heterocycles. The first-order valence-corrected chi connectivity index (χ1v) is 7.47. The molecule has 0 bridgehead atoms. The molecule has 0 amide bonds. The maximum absolute atomic E-state index is 12.6. The van der Waals surface area contributed by atoms with Crippen LogP contribution in [0.2, 0.25) is 0 Å². The Morgan fingerprint density at radius 3 is 2.50 bits per heavy atom. The maximum Gasteiger partial charge on any atom is 0.409 e. The van der Waals surface area contributed by atoms with E-state index in [1.165, 1.54) is 26.2 Å². The van der Waals surface area contributed by atoms with E-state index in [2.05, 4.69) is 9.82 Å². The summed E-state index contributed by atoms with van der Waals surface area (Å²) in [5.74, 6) is -0.958. The molecule has 0 fully saturated rings. The Balaban J connectivity index is 2.67. The van der Waals surface area contributed by atoms with E-state index in [1.54, 1.807) is 0 Å². The van der Waals surface area contributed by atoms with Crippen molar-refractivity contribution >= 4 is 24.1 Å². The molecule has 0 spiro atoms. The molecule has 100 valence electrons. The van der Waals surface area contributed by atoms with Gasteiger partial charge in [-0.25, -0.2) is 14.0 Å². The summed E-state index contributed by atoms with van der Waals surface area (Å²) in [7, 11) is 1.19. The molecule has 2 atom stereocenters. The third-order valence-electron chi connectivity index (χ3n) is 1.94. The number of ether oxygens (including phenoxy) is 1. The van der Waals surface area contributed by atoms with Crippen LogP contribution in [0.3, 0.4) is 0 Å². The van der Waals surface area contributed by atoms with Gasteiger partial charge in [0.05, 0.1) is 7.11 Å². The molecular formula is C10H12ClFNO4P. The molecule has 0 aliphatic carbocycles. The van der Waals surface area contributed by atoms with Gasteiger partial charge in [0.25, 0.3) is 0 Å². The highest BCUT2D eigenvalue weighted by atomic mass is 35.7. The average molecular weight is 296 g/mol. The van der Waals surface area contributed by atoms with Crippen LogP contribution in [0.25, 0.3) is 0 Å². The van der Waals surface area contributed by atoms with Gasteiger partial charge >= 0.3 is 12.8 Å². The molecule has 0 aliphatic heterocycles. The topological polar surface area (TPSA) is 64.6 Å². The van der Waals surface area contributed by atoms with Gasteiger partial charge in [-0.1, -0.05) is 0 Å². The summed E-state index contributed by atoms with van der Waals surface area (Å²) in [5.41, 5.74) is 0. The number of carbonyl (C=O) groups excluding carboxylic acids is 1. The fourth-order valence-electron chi connectivity index (χ4n) is 1.12. The molecule has 1 aromatic carbocycles. The minimum Gasteiger partial charge on any atom is -0.468 e. The lowest BCUT2D eigenvalue weighted by Gasteiger charge is -2.17. The molecule has 18 heavy (non-hydrogen) atoms. The van der Waals surface area contributed by atoms with Crippen molar-refractivity contribution in [3.63, 3.8) is 0 Å². The van der Waals surface area contributed by atoms with Gasteiger partial charge in [0.2, 0.25) is 0 Å². The molecule has 1 unspecified atom stereocenters. The van der Waals surface area contributed by atoms with Crippen LogP contribution in [0.4, 0.5) is 4.39 Å². The second kappa shape index (κ2) is 6.18. The van der Waals surface area contributed by atoms with Gasteiger partial charge in [-0.3, -0.25) is 4.79 Å². The third-order valence-corrected chi connectivity index (χ3v) is 3.58. The standard InChI is InChI=1S/C10H12ClFNO4P/c1-7(10(14)16-2)13-18(11,15)17-9-5-3-8(12)4-6-9/h3-7H,1-2H3,(H,13,15)/t7-,18?/m0/s1. The third kappa shape index (κ3) is 4.64. The van der Waals surface area contributed by atoms with Crippen molar-refractivity contribution in [1.82, 2.24) is 5.09 Å². The van der Waals surface area contributed by atoms with E-state index >= 15 is 0 Å². The van der Waals surface area contributed by atoms with Gasteiger partial charge < -0.3 is 9.26 Å². The van der Waals surface area contributed by atoms with Gasteiger partial charge in [-0.05, 0) is 31.2 Å². The smallest absolute Gasteiger partial charge is 0.409 e. The van der Waals surface area contributed by atoms with Crippen molar-refractivity contribution < 1.29 is 23.0 Å². The van der Waals surface area contributed by atoms with Crippen molar-refractivity contribution in [3.05, 3.63) is 30.1 Å². The number of methoxy groups -OCH3 is 1. The van der Waals surface area contributed by atoms with Gasteiger partial charge in [-0.15, -0.1) is 0 Å². The molecule has 0 aliphatic rings. The summed E-state index contributed by atoms with van der Waals surface area (Å²) in [4.78, 5) is 11.1. The van der Waals surface area contributed by atoms with Crippen molar-refractivity contribution in [2.45, 2.75) is 13.0 Å². The first-order valence-electron chi connectivity index (χ1n) is 4.94. The molecule has 0 saturated heterocycles. The highest BCUT2D eigenvalue weighted by Gasteiger charge is 2.27. The molecule has 1 rings (SSSR count). The Hall–Kier alpha value is -1.10. The number of esters is 1. The van der Waals surface area contributed by atoms with E-state index in [9.17, 15) is 13.8 Å². The van der Waals surface area contributed by atoms with Crippen LogP contribution in [0, 0.1) is 5.82 Å². The van der Waals surface area contributed by atoms with Crippen LogP contribution in [-0.2, 0) is 14.1 Å². The lowest BCUT2D eigenvalue weighted by atomic mass is 10.3. The van der Waals surface area contributed by atoms with Crippen molar-refractivity contribution in [3.8, 4) is 5.75 Å². The maximum atomic E-state index is 12.6. The minimum atomic E-state index is -3.75. The number of hydrogen-bond donors (Lipinski definition) is 1. The fourth-order valence-corrected chi connectivity index (χ4v) is 2.81. The highest BCUT2D eigenvalue weighted by Crippen LogP contribution is 2.48. The number of carbonyl (C=O) groups is 1. The van der Waals surface area contributed by atoms with Crippen molar-refractivity contribution in [2.24, 2.45) is 0 Å². The molecule has 1 N–H and O–H groups in total. The van der Waals surface area contributed by atoms with E-state index in [1.807, 2.05) is 0 Å². The van der Waals surface area contributed by atoms with E-state index in [0.717, 1.165) is 12.1 Å². The molecule has 0 radical (unpaired) electrons. The Morgan fingerprint density at radius 1 is 1.44 bits per heavy atom. The average Bonchev–Trinajstić information content (AvgIpc) is 2.30. The lowest BCUT2D eigenvalue weighted by molar-refractivity contribution is -0.142. The Morgan fingerprint density at radius 2 is 2.00 bits per heavy atom. The van der Waals surface area contributed by atoms with E-state index in [0.29, 0.717) is 0 Å². The zero-order valence-electron chi connectivity index (χ0n) is 9.72. The molecule has 1 aromatic rings. The van der Waals surface area contributed by atoms with Crippen LogP contribution < -0.4 is 9.61 Å². The van der Waals surface area contributed by atoms with Crippen LogP contribution in [0.1, 0.15) is 6.92 Å². The first kappa shape index (κ1) is 15.0. The van der Waals surface area contributed by atoms with Gasteiger partial charge in [0, 0.05) is 11.2 Å². The molecule has 0 saturated carbocycles. The van der Waals surface area contributed by atoms with Crippen molar-refractivity contribution in [2.75, 3.05) is 7.11 Å². The number of halogens is 2. The van der Waals surface area contributed by atoms with E-state index in [-0.39, 0.29) is 5.75 Å². The monoisotopic (exact) mass is 295 g/mol. The number of hydrogen-bond acceptors (Lipinski definition) is 4. The van der Waals surface area contributed by atoms with Crippen LogP contribution in [0.15, 0.2) is 24.3 Å². The molecular weight excluding hydrogens is 284 g/mol. The number of nitrogens with one attached hydrogen (secondary N) is 1. The van der Waals surface area contributed by atoms with Crippen LogP contribution in [-0.4, -0.2) is 19.1 Å². The number of benzene rings is 1. The fraction of sp³-hybridized carbons (Fsp3) is 0.300. The predicted octanol–water partition coefficient (Wildman–Crippen LogP) is 2.70. The van der Waals surface area contributed by atoms with Gasteiger partial charge in [0.15, 0.2) is 0 Å². The van der Waals surface area contributed by atoms with Crippen LogP contribution >= 0.6 is 18.1 Å².